The number of H-pyrrole nitrogens is 1. The van der Waals surface area contributed by atoms with Crippen molar-refractivity contribution in [1.82, 2.24) is 20.5 Å². The molecule has 0 fully saturated rings. The molecule has 0 saturated heterocycles. The van der Waals surface area contributed by atoms with E-state index in [1.807, 2.05) is 12.1 Å². The van der Waals surface area contributed by atoms with Gasteiger partial charge in [-0.05, 0) is 17.7 Å². The molecule has 1 heterocycles. The van der Waals surface area contributed by atoms with Crippen LogP contribution in [0.25, 0.3) is 0 Å². The standard InChI is InChI=1S/C10H9ClN4O/c11-8-3-1-2-7(4-8)5-12-10(16)9-13-6-14-15-9/h1-4,6H,5H2,(H,12,16)(H,13,14,15). The molecule has 0 spiro atoms. The molecule has 1 aromatic heterocycles. The van der Waals surface area contributed by atoms with E-state index in [9.17, 15) is 4.79 Å². The van der Waals surface area contributed by atoms with Gasteiger partial charge in [-0.2, -0.15) is 5.10 Å². The van der Waals surface area contributed by atoms with Gasteiger partial charge >= 0.3 is 0 Å². The van der Waals surface area contributed by atoms with E-state index < -0.39 is 0 Å². The van der Waals surface area contributed by atoms with Crippen LogP contribution in [0.4, 0.5) is 0 Å². The van der Waals surface area contributed by atoms with E-state index in [1.54, 1.807) is 12.1 Å². The Morgan fingerprint density at radius 1 is 1.50 bits per heavy atom. The van der Waals surface area contributed by atoms with Crippen molar-refractivity contribution in [2.75, 3.05) is 0 Å². The van der Waals surface area contributed by atoms with Crippen LogP contribution in [0.5, 0.6) is 0 Å². The number of hydrogen-bond donors (Lipinski definition) is 2. The number of nitrogens with zero attached hydrogens (tertiary/aromatic N) is 2. The molecule has 0 bridgehead atoms. The summed E-state index contributed by atoms with van der Waals surface area (Å²) in [5, 5.41) is 9.42. The van der Waals surface area contributed by atoms with Gasteiger partial charge in [-0.1, -0.05) is 23.7 Å². The lowest BCUT2D eigenvalue weighted by Gasteiger charge is -2.03. The number of carbonyl (C=O) groups is 1. The number of carbonyl (C=O) groups excluding carboxylic acids is 1. The van der Waals surface area contributed by atoms with E-state index in [4.69, 9.17) is 11.6 Å². The second kappa shape index (κ2) is 4.76. The molecule has 0 aliphatic carbocycles. The van der Waals surface area contributed by atoms with Crippen molar-refractivity contribution >= 4 is 17.5 Å². The first-order chi connectivity index (χ1) is 7.75. The molecule has 0 aliphatic heterocycles. The molecule has 0 saturated carbocycles. The fraction of sp³-hybridized carbons (Fsp3) is 0.100. The molecule has 0 aliphatic rings. The highest BCUT2D eigenvalue weighted by molar-refractivity contribution is 6.30. The van der Waals surface area contributed by atoms with E-state index in [-0.39, 0.29) is 11.7 Å². The number of rotatable bonds is 3. The van der Waals surface area contributed by atoms with Crippen molar-refractivity contribution < 1.29 is 4.79 Å². The monoisotopic (exact) mass is 236 g/mol. The Balaban J connectivity index is 1.95. The third-order valence-electron chi connectivity index (χ3n) is 1.97. The summed E-state index contributed by atoms with van der Waals surface area (Å²) in [7, 11) is 0. The third-order valence-corrected chi connectivity index (χ3v) is 2.21. The molecule has 0 radical (unpaired) electrons. The van der Waals surface area contributed by atoms with Crippen molar-refractivity contribution in [3.8, 4) is 0 Å². The van der Waals surface area contributed by atoms with Crippen molar-refractivity contribution in [2.24, 2.45) is 0 Å². The maximum atomic E-state index is 11.5. The first-order valence-electron chi connectivity index (χ1n) is 4.64. The van der Waals surface area contributed by atoms with Crippen LogP contribution in [-0.4, -0.2) is 21.1 Å². The minimum absolute atomic E-state index is 0.196. The fourth-order valence-electron chi connectivity index (χ4n) is 1.23. The van der Waals surface area contributed by atoms with Crippen molar-refractivity contribution in [3.63, 3.8) is 0 Å². The molecule has 0 unspecified atom stereocenters. The Morgan fingerprint density at radius 3 is 3.06 bits per heavy atom. The Kier molecular flexibility index (Phi) is 3.16. The molecule has 1 amide bonds. The van der Waals surface area contributed by atoms with Gasteiger partial charge in [0, 0.05) is 11.6 Å². The second-order valence-corrected chi connectivity index (χ2v) is 3.58. The highest BCUT2D eigenvalue weighted by atomic mass is 35.5. The summed E-state index contributed by atoms with van der Waals surface area (Å²) in [6.07, 6.45) is 1.29. The highest BCUT2D eigenvalue weighted by Crippen LogP contribution is 2.10. The molecule has 5 nitrogen and oxygen atoms in total. The molecule has 2 aromatic rings. The minimum atomic E-state index is -0.294. The van der Waals surface area contributed by atoms with Crippen LogP contribution in [0.1, 0.15) is 16.2 Å². The predicted octanol–water partition coefficient (Wildman–Crippen LogP) is 1.39. The largest absolute Gasteiger partial charge is 0.345 e. The summed E-state index contributed by atoms with van der Waals surface area (Å²) in [4.78, 5) is 15.2. The lowest BCUT2D eigenvalue weighted by Crippen LogP contribution is -2.23. The fourth-order valence-corrected chi connectivity index (χ4v) is 1.44. The SMILES string of the molecule is O=C(NCc1cccc(Cl)c1)c1ncn[nH]1. The maximum Gasteiger partial charge on any atom is 0.288 e. The molecule has 82 valence electrons. The van der Waals surface area contributed by atoms with Crippen molar-refractivity contribution in [3.05, 3.63) is 47.0 Å². The van der Waals surface area contributed by atoms with E-state index >= 15 is 0 Å². The number of nitrogens with one attached hydrogen (secondary N) is 2. The number of aromatic nitrogens is 3. The van der Waals surface area contributed by atoms with Gasteiger partial charge in [0.25, 0.3) is 5.91 Å². The topological polar surface area (TPSA) is 70.7 Å². The average molecular weight is 237 g/mol. The molecule has 2 N–H and O–H groups in total. The van der Waals surface area contributed by atoms with Gasteiger partial charge < -0.3 is 5.32 Å². The molecule has 2 rings (SSSR count). The van der Waals surface area contributed by atoms with Gasteiger partial charge in [0.15, 0.2) is 0 Å². The zero-order valence-electron chi connectivity index (χ0n) is 8.27. The van der Waals surface area contributed by atoms with Gasteiger partial charge in [-0.15, -0.1) is 0 Å². The van der Waals surface area contributed by atoms with Gasteiger partial charge in [0.1, 0.15) is 6.33 Å². The summed E-state index contributed by atoms with van der Waals surface area (Å²) in [6, 6.07) is 7.29. The average Bonchev–Trinajstić information content (AvgIpc) is 2.79. The van der Waals surface area contributed by atoms with Crippen LogP contribution in [-0.2, 0) is 6.54 Å². The minimum Gasteiger partial charge on any atom is -0.345 e. The molecule has 1 aromatic carbocycles. The normalized spacial score (nSPS) is 10.1. The predicted molar refractivity (Wildman–Crippen MR) is 59.0 cm³/mol. The van der Waals surface area contributed by atoms with Crippen molar-refractivity contribution in [1.29, 1.82) is 0 Å². The number of amides is 1. The number of hydrogen-bond acceptors (Lipinski definition) is 3. The van der Waals surface area contributed by atoms with Crippen LogP contribution >= 0.6 is 11.6 Å². The van der Waals surface area contributed by atoms with E-state index in [1.165, 1.54) is 6.33 Å². The lowest BCUT2D eigenvalue weighted by molar-refractivity contribution is 0.0941. The highest BCUT2D eigenvalue weighted by Gasteiger charge is 2.07. The summed E-state index contributed by atoms with van der Waals surface area (Å²) in [5.74, 6) is -0.0977. The Morgan fingerprint density at radius 2 is 2.38 bits per heavy atom. The molecule has 0 atom stereocenters. The van der Waals surface area contributed by atoms with Gasteiger partial charge in [0.05, 0.1) is 0 Å². The summed E-state index contributed by atoms with van der Waals surface area (Å²) < 4.78 is 0. The zero-order chi connectivity index (χ0) is 11.4. The third kappa shape index (κ3) is 2.58. The van der Waals surface area contributed by atoms with Gasteiger partial charge in [0.2, 0.25) is 5.82 Å². The van der Waals surface area contributed by atoms with Gasteiger partial charge in [-0.25, -0.2) is 4.98 Å². The Bertz CT molecular complexity index is 483. The van der Waals surface area contributed by atoms with Crippen LogP contribution in [0, 0.1) is 0 Å². The van der Waals surface area contributed by atoms with Crippen molar-refractivity contribution in [2.45, 2.75) is 6.54 Å². The first-order valence-corrected chi connectivity index (χ1v) is 5.01. The molecule has 6 heteroatoms. The van der Waals surface area contributed by atoms with E-state index in [0.29, 0.717) is 11.6 Å². The molecular formula is C10H9ClN4O. The van der Waals surface area contributed by atoms with Crippen LogP contribution in [0.3, 0.4) is 0 Å². The number of aromatic amines is 1. The van der Waals surface area contributed by atoms with Crippen LogP contribution < -0.4 is 5.32 Å². The number of halogens is 1. The Hall–Kier alpha value is -1.88. The van der Waals surface area contributed by atoms with E-state index in [0.717, 1.165) is 5.56 Å². The van der Waals surface area contributed by atoms with Crippen LogP contribution in [0.15, 0.2) is 30.6 Å². The van der Waals surface area contributed by atoms with E-state index in [2.05, 4.69) is 20.5 Å². The Labute approximate surface area is 96.8 Å². The zero-order valence-corrected chi connectivity index (χ0v) is 9.03. The summed E-state index contributed by atoms with van der Waals surface area (Å²) >= 11 is 5.82. The lowest BCUT2D eigenvalue weighted by atomic mass is 10.2. The summed E-state index contributed by atoms with van der Waals surface area (Å²) in [6.45, 7) is 0.403. The van der Waals surface area contributed by atoms with Crippen LogP contribution in [0.2, 0.25) is 5.02 Å². The second-order valence-electron chi connectivity index (χ2n) is 3.15. The van der Waals surface area contributed by atoms with Gasteiger partial charge in [-0.3, -0.25) is 9.89 Å². The molecular weight excluding hydrogens is 228 g/mol. The first kappa shape index (κ1) is 10.6. The smallest absolute Gasteiger partial charge is 0.288 e. The number of benzene rings is 1. The quantitative estimate of drug-likeness (QED) is 0.846. The maximum absolute atomic E-state index is 11.5. The summed E-state index contributed by atoms with van der Waals surface area (Å²) in [5.41, 5.74) is 0.931. The molecule has 16 heavy (non-hydrogen) atoms.